The molecule has 3 N–H and O–H groups in total. The van der Waals surface area contributed by atoms with Crippen molar-refractivity contribution in [2.45, 2.75) is 45.4 Å². The van der Waals surface area contributed by atoms with Crippen LogP contribution in [0.2, 0.25) is 0 Å². The molecule has 23 heavy (non-hydrogen) atoms. The van der Waals surface area contributed by atoms with Crippen LogP contribution in [0.5, 0.6) is 0 Å². The number of carbonyl (C=O) groups is 1. The van der Waals surface area contributed by atoms with Crippen LogP contribution >= 0.6 is 0 Å². The van der Waals surface area contributed by atoms with Crippen molar-refractivity contribution in [1.82, 2.24) is 9.55 Å². The van der Waals surface area contributed by atoms with E-state index in [4.69, 9.17) is 10.5 Å². The number of aliphatic hydroxyl groups is 1. The van der Waals surface area contributed by atoms with E-state index in [0.717, 1.165) is 12.8 Å². The van der Waals surface area contributed by atoms with Crippen molar-refractivity contribution in [3.05, 3.63) is 22.7 Å². The van der Waals surface area contributed by atoms with Crippen molar-refractivity contribution in [3.63, 3.8) is 0 Å². The number of ketones is 1. The largest absolute Gasteiger partial charge is 0.394 e. The first-order chi connectivity index (χ1) is 10.9. The summed E-state index contributed by atoms with van der Waals surface area (Å²) >= 11 is 0. The van der Waals surface area contributed by atoms with E-state index in [2.05, 4.69) is 4.98 Å². The maximum Gasteiger partial charge on any atom is 0.351 e. The molecule has 0 radical (unpaired) electrons. The minimum absolute atomic E-state index is 0.0508. The summed E-state index contributed by atoms with van der Waals surface area (Å²) in [6.45, 7) is 3.58. The summed E-state index contributed by atoms with van der Waals surface area (Å²) in [5.41, 5.74) is 4.81. The molecule has 1 aromatic rings. The van der Waals surface area contributed by atoms with Gasteiger partial charge in [0.05, 0.1) is 12.7 Å². The van der Waals surface area contributed by atoms with Gasteiger partial charge in [-0.05, 0) is 18.9 Å². The van der Waals surface area contributed by atoms with Gasteiger partial charge in [-0.15, -0.1) is 0 Å². The Bertz CT molecular complexity index is 666. The Hall–Kier alpha value is -1.73. The zero-order valence-corrected chi connectivity index (χ0v) is 13.4. The Kier molecular flexibility index (Phi) is 4.01. The van der Waals surface area contributed by atoms with E-state index in [1.165, 1.54) is 4.57 Å². The maximum atomic E-state index is 12.2. The van der Waals surface area contributed by atoms with Gasteiger partial charge in [0.1, 0.15) is 17.8 Å². The number of aliphatic hydroxyl groups excluding tert-OH is 1. The fourth-order valence-electron chi connectivity index (χ4n) is 3.62. The van der Waals surface area contributed by atoms with Gasteiger partial charge in [-0.1, -0.05) is 13.8 Å². The third kappa shape index (κ3) is 2.68. The van der Waals surface area contributed by atoms with E-state index < -0.39 is 18.0 Å². The van der Waals surface area contributed by atoms with E-state index in [1.54, 1.807) is 12.3 Å². The number of nitrogen functional groups attached to an aromatic ring is 1. The summed E-state index contributed by atoms with van der Waals surface area (Å²) in [6, 6.07) is 1.56. The summed E-state index contributed by atoms with van der Waals surface area (Å²) in [6.07, 6.45) is 2.77. The molecule has 2 aliphatic rings. The average Bonchev–Trinajstić information content (AvgIpc) is 3.22. The zero-order valence-electron chi connectivity index (χ0n) is 13.4. The van der Waals surface area contributed by atoms with Crippen molar-refractivity contribution < 1.29 is 14.6 Å². The molecule has 3 unspecified atom stereocenters. The van der Waals surface area contributed by atoms with Crippen molar-refractivity contribution in [2.24, 2.45) is 17.3 Å². The van der Waals surface area contributed by atoms with Crippen LogP contribution in [0, 0.1) is 17.3 Å². The van der Waals surface area contributed by atoms with Crippen LogP contribution in [0.1, 0.15) is 39.3 Å². The molecular formula is C16H23N3O4. The summed E-state index contributed by atoms with van der Waals surface area (Å²) in [5, 5.41) is 9.67. The van der Waals surface area contributed by atoms with Crippen LogP contribution in [-0.4, -0.2) is 33.2 Å². The minimum Gasteiger partial charge on any atom is -0.394 e. The van der Waals surface area contributed by atoms with Crippen molar-refractivity contribution in [2.75, 3.05) is 12.3 Å². The van der Waals surface area contributed by atoms with Gasteiger partial charge in [0.2, 0.25) is 0 Å². The number of nitrogens with two attached hydrogens (primary N) is 1. The van der Waals surface area contributed by atoms with Gasteiger partial charge in [-0.25, -0.2) is 4.79 Å². The van der Waals surface area contributed by atoms with Gasteiger partial charge >= 0.3 is 5.69 Å². The molecule has 0 bridgehead atoms. The number of hydrogen-bond donors (Lipinski definition) is 2. The number of anilines is 1. The molecule has 3 atom stereocenters. The van der Waals surface area contributed by atoms with E-state index in [0.29, 0.717) is 6.42 Å². The molecule has 3 rings (SSSR count). The van der Waals surface area contributed by atoms with Gasteiger partial charge in [-0.2, -0.15) is 4.98 Å². The molecule has 1 aliphatic carbocycles. The summed E-state index contributed by atoms with van der Waals surface area (Å²) in [4.78, 5) is 28.1. The van der Waals surface area contributed by atoms with E-state index in [1.807, 2.05) is 13.8 Å². The van der Waals surface area contributed by atoms with Crippen LogP contribution in [0.25, 0.3) is 0 Å². The van der Waals surface area contributed by atoms with Crippen molar-refractivity contribution in [1.29, 1.82) is 0 Å². The number of Topliss-reactive ketones (excluding diaryl/α,β-unsaturated/α-hetero) is 1. The quantitative estimate of drug-likeness (QED) is 0.827. The van der Waals surface area contributed by atoms with Gasteiger partial charge in [0.25, 0.3) is 0 Å². The van der Waals surface area contributed by atoms with E-state index in [9.17, 15) is 14.7 Å². The molecule has 0 aromatic carbocycles. The number of hydrogen-bond acceptors (Lipinski definition) is 6. The molecule has 0 amide bonds. The second kappa shape index (κ2) is 5.72. The third-order valence-corrected chi connectivity index (χ3v) is 5.16. The minimum atomic E-state index is -0.495. The molecule has 7 nitrogen and oxygen atoms in total. The first-order valence-electron chi connectivity index (χ1n) is 8.02. The lowest BCUT2D eigenvalue weighted by Gasteiger charge is -2.24. The lowest BCUT2D eigenvalue weighted by Crippen LogP contribution is -2.32. The lowest BCUT2D eigenvalue weighted by molar-refractivity contribution is -0.123. The van der Waals surface area contributed by atoms with Gasteiger partial charge < -0.3 is 15.6 Å². The number of aromatic nitrogens is 2. The Morgan fingerprint density at radius 1 is 1.57 bits per heavy atom. The number of rotatable bonds is 5. The fraction of sp³-hybridized carbons (Fsp3) is 0.688. The Balaban J connectivity index is 1.92. The first kappa shape index (κ1) is 16.1. The monoisotopic (exact) mass is 321 g/mol. The Morgan fingerprint density at radius 2 is 2.26 bits per heavy atom. The van der Waals surface area contributed by atoms with E-state index >= 15 is 0 Å². The normalized spacial score (nSPS) is 28.4. The standard InChI is InChI=1S/C16H23N3O4/c1-9(2)11(21)7-10-12(8-20)23-14(16(10)4-5-16)19-6-3-13(17)18-15(19)22/h3,6,9-10,12,14,20H,4-5,7-8H2,1-2H3,(H2,17,18,22). The predicted octanol–water partition coefficient (Wildman–Crippen LogP) is 0.727. The van der Waals surface area contributed by atoms with Gasteiger partial charge in [-0.3, -0.25) is 9.36 Å². The lowest BCUT2D eigenvalue weighted by atomic mass is 9.81. The molecule has 126 valence electrons. The second-order valence-electron chi connectivity index (χ2n) is 6.92. The third-order valence-electron chi connectivity index (χ3n) is 5.16. The predicted molar refractivity (Wildman–Crippen MR) is 83.5 cm³/mol. The maximum absolute atomic E-state index is 12.2. The highest BCUT2D eigenvalue weighted by Crippen LogP contribution is 2.66. The molecule has 1 aromatic heterocycles. The molecule has 1 spiro atoms. The average molecular weight is 321 g/mol. The van der Waals surface area contributed by atoms with Crippen LogP contribution in [0.15, 0.2) is 17.1 Å². The van der Waals surface area contributed by atoms with Crippen molar-refractivity contribution >= 4 is 11.6 Å². The van der Waals surface area contributed by atoms with Crippen molar-refractivity contribution in [3.8, 4) is 0 Å². The molecular weight excluding hydrogens is 298 g/mol. The van der Waals surface area contributed by atoms with E-state index in [-0.39, 0.29) is 35.5 Å². The van der Waals surface area contributed by atoms with Crippen LogP contribution in [-0.2, 0) is 9.53 Å². The van der Waals surface area contributed by atoms with Gasteiger partial charge in [0.15, 0.2) is 0 Å². The first-order valence-corrected chi connectivity index (χ1v) is 8.02. The molecule has 1 aliphatic heterocycles. The fourth-order valence-corrected chi connectivity index (χ4v) is 3.62. The summed E-state index contributed by atoms with van der Waals surface area (Å²) < 4.78 is 7.40. The van der Waals surface area contributed by atoms with Gasteiger partial charge in [0, 0.05) is 29.9 Å². The highest BCUT2D eigenvalue weighted by molar-refractivity contribution is 5.80. The van der Waals surface area contributed by atoms with Crippen LogP contribution < -0.4 is 11.4 Å². The SMILES string of the molecule is CC(C)C(=O)CC1C(CO)OC(n2ccc(N)nc2=O)C12CC2. The highest BCUT2D eigenvalue weighted by Gasteiger charge is 2.64. The zero-order chi connectivity index (χ0) is 16.8. The molecule has 7 heteroatoms. The molecule has 2 fully saturated rings. The molecule has 1 saturated heterocycles. The number of ether oxygens (including phenoxy) is 1. The number of nitrogens with zero attached hydrogens (tertiary/aromatic N) is 2. The Morgan fingerprint density at radius 3 is 2.78 bits per heavy atom. The number of carbonyl (C=O) groups excluding carboxylic acids is 1. The van der Waals surface area contributed by atoms with Crippen LogP contribution in [0.3, 0.4) is 0 Å². The summed E-state index contributed by atoms with van der Waals surface area (Å²) in [7, 11) is 0. The molecule has 1 saturated carbocycles. The van der Waals surface area contributed by atoms with Crippen LogP contribution in [0.4, 0.5) is 5.82 Å². The Labute approximate surface area is 134 Å². The smallest absolute Gasteiger partial charge is 0.351 e. The highest BCUT2D eigenvalue weighted by atomic mass is 16.5. The summed E-state index contributed by atoms with van der Waals surface area (Å²) in [5.74, 6) is 0.202. The second-order valence-corrected chi connectivity index (χ2v) is 6.92. The topological polar surface area (TPSA) is 107 Å². The molecule has 2 heterocycles.